The fourth-order valence-electron chi connectivity index (χ4n) is 15.7. The van der Waals surface area contributed by atoms with E-state index >= 15 is 0 Å². The van der Waals surface area contributed by atoms with Gasteiger partial charge in [-0.15, -0.1) is 0 Å². The third kappa shape index (κ3) is 89.3. The molecule has 0 aromatic carbocycles. The molecule has 0 aromatic heterocycles. The maximum absolute atomic E-state index is 13.2. The van der Waals surface area contributed by atoms with Crippen LogP contribution in [0.4, 0.5) is 0 Å². The van der Waals surface area contributed by atoms with Gasteiger partial charge < -0.3 is 33.8 Å². The van der Waals surface area contributed by atoms with Crippen molar-refractivity contribution < 1.29 is 80.2 Å². The lowest BCUT2D eigenvalue weighted by Crippen LogP contribution is -2.30. The topological polar surface area (TPSA) is 237 Å². The van der Waals surface area contributed by atoms with E-state index in [2.05, 4.69) is 48.5 Å². The van der Waals surface area contributed by atoms with Crippen LogP contribution in [0, 0.1) is 17.8 Å². The highest BCUT2D eigenvalue weighted by Crippen LogP contribution is 2.45. The van der Waals surface area contributed by atoms with Crippen LogP contribution in [0.5, 0.6) is 0 Å². The number of esters is 4. The van der Waals surface area contributed by atoms with Gasteiger partial charge in [0.25, 0.3) is 0 Å². The maximum atomic E-state index is 13.2. The number of hydrogen-bond acceptors (Lipinski definition) is 15. The van der Waals surface area contributed by atoms with E-state index in [4.69, 9.17) is 37.0 Å². The van der Waals surface area contributed by atoms with Gasteiger partial charge in [-0.05, 0) is 43.4 Å². The first kappa shape index (κ1) is 117. The lowest BCUT2D eigenvalue weighted by Gasteiger charge is -2.21. The van der Waals surface area contributed by atoms with Gasteiger partial charge in [0.05, 0.1) is 26.4 Å². The van der Waals surface area contributed by atoms with Crippen LogP contribution in [0.15, 0.2) is 0 Å². The molecule has 19 heteroatoms. The van der Waals surface area contributed by atoms with Gasteiger partial charge >= 0.3 is 39.5 Å². The Morgan fingerprint density at radius 2 is 0.403 bits per heavy atom. The molecular weight excluding hydrogens is 1540 g/mol. The monoisotopic (exact) mass is 1730 g/mol. The molecule has 0 amide bonds. The summed E-state index contributed by atoms with van der Waals surface area (Å²) in [5.41, 5.74) is 0. The largest absolute Gasteiger partial charge is 0.472 e. The van der Waals surface area contributed by atoms with Crippen LogP contribution in [0.1, 0.15) is 543 Å². The van der Waals surface area contributed by atoms with Crippen LogP contribution in [-0.4, -0.2) is 96.7 Å². The second-order valence-corrected chi connectivity index (χ2v) is 39.5. The number of carbonyl (C=O) groups excluding carboxylic acids is 4. The Hall–Kier alpha value is -1.94. The number of phosphoric acid groups is 2. The second-order valence-electron chi connectivity index (χ2n) is 36.6. The molecule has 8 atom stereocenters. The van der Waals surface area contributed by atoms with Crippen LogP contribution in [0.3, 0.4) is 0 Å². The highest BCUT2D eigenvalue weighted by atomic mass is 31.2. The Kier molecular flexibility index (Phi) is 88.0. The highest BCUT2D eigenvalue weighted by molar-refractivity contribution is 7.47. The van der Waals surface area contributed by atoms with E-state index < -0.39 is 97.5 Å². The zero-order valence-electron chi connectivity index (χ0n) is 79.1. The summed E-state index contributed by atoms with van der Waals surface area (Å²) in [6, 6.07) is 0. The van der Waals surface area contributed by atoms with Crippen molar-refractivity contribution in [1.82, 2.24) is 0 Å². The number of aliphatic hydroxyl groups is 1. The van der Waals surface area contributed by atoms with E-state index in [0.29, 0.717) is 25.7 Å². The first-order valence-corrected chi connectivity index (χ1v) is 54.5. The molecule has 708 valence electrons. The number of carbonyl (C=O) groups is 4. The molecule has 0 aromatic rings. The minimum atomic E-state index is -4.98. The number of unbranched alkanes of at least 4 members (excludes halogenated alkanes) is 63. The Balaban J connectivity index is 5.25. The second kappa shape index (κ2) is 89.5. The van der Waals surface area contributed by atoms with Crippen molar-refractivity contribution in [3.8, 4) is 0 Å². The van der Waals surface area contributed by atoms with Gasteiger partial charge in [-0.1, -0.05) is 492 Å². The van der Waals surface area contributed by atoms with Crippen molar-refractivity contribution in [2.45, 2.75) is 561 Å². The van der Waals surface area contributed by atoms with Crippen LogP contribution >= 0.6 is 15.6 Å². The highest BCUT2D eigenvalue weighted by Gasteiger charge is 2.31. The average molecular weight is 1730 g/mol. The van der Waals surface area contributed by atoms with Gasteiger partial charge in [0.1, 0.15) is 19.3 Å². The third-order valence-electron chi connectivity index (χ3n) is 24.7. The molecule has 119 heavy (non-hydrogen) atoms. The smallest absolute Gasteiger partial charge is 0.462 e. The molecule has 0 radical (unpaired) electrons. The molecule has 0 fully saturated rings. The Morgan fingerprint density at radius 1 is 0.235 bits per heavy atom. The minimum Gasteiger partial charge on any atom is -0.462 e. The first-order valence-electron chi connectivity index (χ1n) is 51.5. The first-order chi connectivity index (χ1) is 57.8. The summed E-state index contributed by atoms with van der Waals surface area (Å²) in [6.45, 7) is 12.3. The van der Waals surface area contributed by atoms with Crippen molar-refractivity contribution in [2.75, 3.05) is 39.6 Å². The van der Waals surface area contributed by atoms with Gasteiger partial charge in [0, 0.05) is 25.7 Å². The molecule has 0 aliphatic carbocycles. The number of phosphoric ester groups is 2. The fraction of sp³-hybridized carbons (Fsp3) is 0.960. The van der Waals surface area contributed by atoms with Crippen LogP contribution < -0.4 is 0 Å². The predicted octanol–water partition coefficient (Wildman–Crippen LogP) is 31.6. The van der Waals surface area contributed by atoms with Gasteiger partial charge in [-0.2, -0.15) is 0 Å². The molecule has 17 nitrogen and oxygen atoms in total. The SMILES string of the molecule is CCCCCCCCCCCCCCCC(=O)OC[C@H](COP(=O)(O)OC[C@H](O)COP(=O)(O)OC[C@@H](COC(=O)CCCCCCCCCCCCCCCCCCCCC(C)CC)OC(=O)CCCCCCCCCCCCCCCCCCCCC(C)CC)OC(=O)CCCCCCCCCCCCCCCCCCCCC(C)CC. The minimum absolute atomic E-state index is 0.109. The summed E-state index contributed by atoms with van der Waals surface area (Å²) in [5.74, 6) is 0.530. The molecule has 0 saturated heterocycles. The summed E-state index contributed by atoms with van der Waals surface area (Å²) in [6.07, 6.45) is 86.1. The summed E-state index contributed by atoms with van der Waals surface area (Å²) in [4.78, 5) is 73.7. The molecule has 0 heterocycles. The van der Waals surface area contributed by atoms with Crippen molar-refractivity contribution in [1.29, 1.82) is 0 Å². The quantitative estimate of drug-likeness (QED) is 0.0222. The lowest BCUT2D eigenvalue weighted by atomic mass is 9.99. The van der Waals surface area contributed by atoms with Crippen LogP contribution in [0.25, 0.3) is 0 Å². The number of aliphatic hydroxyl groups excluding tert-OH is 1. The summed E-state index contributed by atoms with van der Waals surface area (Å²) in [5, 5.41) is 10.7. The summed E-state index contributed by atoms with van der Waals surface area (Å²) < 4.78 is 69.4. The molecule has 0 aliphatic heterocycles. The molecule has 5 unspecified atom stereocenters. The van der Waals surface area contributed by atoms with Gasteiger partial charge in [-0.3, -0.25) is 37.3 Å². The molecule has 0 bridgehead atoms. The fourth-order valence-corrected chi connectivity index (χ4v) is 17.3. The maximum Gasteiger partial charge on any atom is 0.472 e. The van der Waals surface area contributed by atoms with E-state index in [9.17, 15) is 43.2 Å². The van der Waals surface area contributed by atoms with Crippen LogP contribution in [-0.2, 0) is 65.4 Å². The Labute approximate surface area is 734 Å². The van der Waals surface area contributed by atoms with E-state index in [1.54, 1.807) is 0 Å². The normalized spacial score (nSPS) is 14.3. The van der Waals surface area contributed by atoms with Crippen molar-refractivity contribution in [2.24, 2.45) is 17.8 Å². The summed E-state index contributed by atoms with van der Waals surface area (Å²) >= 11 is 0. The molecular formula is C100H196O17P2. The van der Waals surface area contributed by atoms with E-state index in [-0.39, 0.29) is 25.7 Å². The molecule has 0 spiro atoms. The predicted molar refractivity (Wildman–Crippen MR) is 497 cm³/mol. The Bertz CT molecular complexity index is 2280. The molecule has 0 aliphatic rings. The summed E-state index contributed by atoms with van der Waals surface area (Å²) in [7, 11) is -9.95. The standard InChI is InChI=1S/C100H196O17P2/c1-8-12-13-14-15-16-17-36-46-53-60-67-74-81-97(102)110-87-95(116-99(104)83-76-69-62-55-48-41-34-28-22-19-25-31-38-44-51-58-65-72-79-92(6)10-3)89-114-118(106,107)112-85-94(101)86-113-119(108,109)115-90-96(117-100(105)84-77-70-63-56-49-42-35-29-23-20-26-32-39-45-52-59-66-73-80-93(7)11-4)88-111-98(103)82-75-68-61-54-47-40-33-27-21-18-24-30-37-43-50-57-64-71-78-91(5)9-2/h91-96,101H,8-90H2,1-7H3,(H,106,107)(H,108,109)/t91?,92?,93?,94-,95+,96+/m0/s1. The van der Waals surface area contributed by atoms with E-state index in [1.165, 1.54) is 353 Å². The number of rotatable bonds is 98. The van der Waals surface area contributed by atoms with Crippen LogP contribution in [0.2, 0.25) is 0 Å². The third-order valence-corrected chi connectivity index (χ3v) is 26.6. The molecule has 0 saturated carbocycles. The van der Waals surface area contributed by atoms with Crippen molar-refractivity contribution >= 4 is 39.5 Å². The van der Waals surface area contributed by atoms with Gasteiger partial charge in [0.15, 0.2) is 12.2 Å². The zero-order chi connectivity index (χ0) is 87.1. The number of ether oxygens (including phenoxy) is 4. The average Bonchev–Trinajstić information content (AvgIpc) is 0.898. The van der Waals surface area contributed by atoms with Gasteiger partial charge in [0.2, 0.25) is 0 Å². The number of hydrogen-bond donors (Lipinski definition) is 3. The van der Waals surface area contributed by atoms with Gasteiger partial charge in [-0.25, -0.2) is 9.13 Å². The molecule has 0 rings (SSSR count). The van der Waals surface area contributed by atoms with Crippen molar-refractivity contribution in [3.05, 3.63) is 0 Å². The lowest BCUT2D eigenvalue weighted by molar-refractivity contribution is -0.161. The molecule has 3 N–H and O–H groups in total. The van der Waals surface area contributed by atoms with E-state index in [0.717, 1.165) is 108 Å². The zero-order valence-corrected chi connectivity index (χ0v) is 80.9. The van der Waals surface area contributed by atoms with E-state index in [1.807, 2.05) is 0 Å². The van der Waals surface area contributed by atoms with Crippen molar-refractivity contribution in [3.63, 3.8) is 0 Å². The Morgan fingerprint density at radius 3 is 0.597 bits per heavy atom.